The van der Waals surface area contributed by atoms with Crippen LogP contribution < -0.4 is 0 Å². The highest BCUT2D eigenvalue weighted by Gasteiger charge is 2.04. The molecule has 0 amide bonds. The summed E-state index contributed by atoms with van der Waals surface area (Å²) in [6.07, 6.45) is 1.43. The van der Waals surface area contributed by atoms with E-state index in [1.54, 1.807) is 24.3 Å². The molecule has 0 radical (unpaired) electrons. The molecule has 2 nitrogen and oxygen atoms in total. The van der Waals surface area contributed by atoms with Crippen molar-refractivity contribution >= 4 is 17.6 Å². The second-order valence-electron chi connectivity index (χ2n) is 3.11. The maximum atomic E-state index is 11.4. The van der Waals surface area contributed by atoms with Gasteiger partial charge in [-0.05, 0) is 43.7 Å². The zero-order valence-corrected chi connectivity index (χ0v) is 8.84. The average molecular weight is 211 g/mol. The summed E-state index contributed by atoms with van der Waals surface area (Å²) in [6, 6.07) is 6.56. The summed E-state index contributed by atoms with van der Waals surface area (Å²) in [5, 5.41) is 0.601. The maximum Gasteiger partial charge on any atom is 0.342 e. The molecule has 0 aliphatic rings. The van der Waals surface area contributed by atoms with Crippen LogP contribution in [0.5, 0.6) is 0 Å². The van der Waals surface area contributed by atoms with Gasteiger partial charge in [0.05, 0.1) is 11.8 Å². The average Bonchev–Trinajstić information content (AvgIpc) is 2.15. The van der Waals surface area contributed by atoms with Crippen LogP contribution in [0.1, 0.15) is 24.2 Å². The van der Waals surface area contributed by atoms with Gasteiger partial charge in [0.1, 0.15) is 0 Å². The van der Waals surface area contributed by atoms with Crippen molar-refractivity contribution in [2.75, 3.05) is 0 Å². The number of benzene rings is 1. The van der Waals surface area contributed by atoms with E-state index in [0.717, 1.165) is 5.57 Å². The number of esters is 1. The van der Waals surface area contributed by atoms with E-state index >= 15 is 0 Å². The summed E-state index contributed by atoms with van der Waals surface area (Å²) >= 11 is 5.68. The molecule has 0 aliphatic carbocycles. The van der Waals surface area contributed by atoms with Crippen molar-refractivity contribution in [3.05, 3.63) is 46.7 Å². The molecule has 0 atom stereocenters. The van der Waals surface area contributed by atoms with Crippen LogP contribution in [0.3, 0.4) is 0 Å². The normalized spacial score (nSPS) is 9.36. The van der Waals surface area contributed by atoms with Gasteiger partial charge in [-0.1, -0.05) is 11.6 Å². The number of carbonyl (C=O) groups excluding carboxylic acids is 1. The maximum absolute atomic E-state index is 11.4. The van der Waals surface area contributed by atoms with E-state index in [9.17, 15) is 4.79 Å². The van der Waals surface area contributed by atoms with Gasteiger partial charge in [-0.3, -0.25) is 0 Å². The Labute approximate surface area is 88.1 Å². The minimum Gasteiger partial charge on any atom is -0.431 e. The molecule has 0 spiro atoms. The van der Waals surface area contributed by atoms with Gasteiger partial charge in [-0.15, -0.1) is 0 Å². The Bertz CT molecular complexity index is 348. The smallest absolute Gasteiger partial charge is 0.342 e. The first-order valence-electron chi connectivity index (χ1n) is 4.19. The van der Waals surface area contributed by atoms with Crippen molar-refractivity contribution in [1.29, 1.82) is 0 Å². The van der Waals surface area contributed by atoms with Crippen LogP contribution in [0.25, 0.3) is 0 Å². The van der Waals surface area contributed by atoms with Crippen LogP contribution >= 0.6 is 11.6 Å². The number of ether oxygens (including phenoxy) is 1. The van der Waals surface area contributed by atoms with Crippen LogP contribution in [-0.4, -0.2) is 5.97 Å². The molecule has 3 heteroatoms. The first-order chi connectivity index (χ1) is 6.59. The zero-order chi connectivity index (χ0) is 10.6. The van der Waals surface area contributed by atoms with Crippen LogP contribution in [0.2, 0.25) is 5.02 Å². The summed E-state index contributed by atoms with van der Waals surface area (Å²) in [5.41, 5.74) is 1.43. The molecule has 0 heterocycles. The molecule has 14 heavy (non-hydrogen) atoms. The zero-order valence-electron chi connectivity index (χ0n) is 8.08. The number of hydrogen-bond donors (Lipinski definition) is 0. The molecule has 74 valence electrons. The van der Waals surface area contributed by atoms with Gasteiger partial charge in [-0.25, -0.2) is 4.79 Å². The van der Waals surface area contributed by atoms with Gasteiger partial charge < -0.3 is 4.74 Å². The third-order valence-electron chi connectivity index (χ3n) is 1.48. The van der Waals surface area contributed by atoms with Crippen LogP contribution in [-0.2, 0) is 4.74 Å². The van der Waals surface area contributed by atoms with E-state index in [1.165, 1.54) is 6.26 Å². The lowest BCUT2D eigenvalue weighted by Crippen LogP contribution is -2.00. The van der Waals surface area contributed by atoms with Gasteiger partial charge in [0.15, 0.2) is 0 Å². The molecule has 0 aliphatic heterocycles. The molecular weight excluding hydrogens is 200 g/mol. The van der Waals surface area contributed by atoms with E-state index in [-0.39, 0.29) is 5.97 Å². The lowest BCUT2D eigenvalue weighted by molar-refractivity contribution is 0.0660. The van der Waals surface area contributed by atoms with Gasteiger partial charge in [0.2, 0.25) is 0 Å². The van der Waals surface area contributed by atoms with E-state index in [4.69, 9.17) is 16.3 Å². The lowest BCUT2D eigenvalue weighted by Gasteiger charge is -1.99. The molecule has 0 N–H and O–H groups in total. The first kappa shape index (κ1) is 10.8. The molecule has 0 unspecified atom stereocenters. The molecule has 0 bridgehead atoms. The number of halogens is 1. The van der Waals surface area contributed by atoms with Crippen molar-refractivity contribution in [3.8, 4) is 0 Å². The Morgan fingerprint density at radius 2 is 1.86 bits per heavy atom. The van der Waals surface area contributed by atoms with Crippen molar-refractivity contribution in [2.24, 2.45) is 0 Å². The topological polar surface area (TPSA) is 26.3 Å². The fraction of sp³-hybridized carbons (Fsp3) is 0.182. The molecule has 0 aromatic heterocycles. The Morgan fingerprint density at radius 1 is 1.29 bits per heavy atom. The van der Waals surface area contributed by atoms with Crippen LogP contribution in [0.4, 0.5) is 0 Å². The van der Waals surface area contributed by atoms with E-state index in [1.807, 2.05) is 13.8 Å². The second kappa shape index (κ2) is 4.82. The molecule has 1 aromatic carbocycles. The van der Waals surface area contributed by atoms with Crippen molar-refractivity contribution in [1.82, 2.24) is 0 Å². The first-order valence-corrected chi connectivity index (χ1v) is 4.57. The number of allylic oxidation sites excluding steroid dienone is 1. The van der Waals surface area contributed by atoms with E-state index in [0.29, 0.717) is 10.6 Å². The Balaban J connectivity index is 2.70. The fourth-order valence-electron chi connectivity index (χ4n) is 0.825. The van der Waals surface area contributed by atoms with Crippen molar-refractivity contribution in [2.45, 2.75) is 13.8 Å². The van der Waals surface area contributed by atoms with Crippen LogP contribution in [0.15, 0.2) is 36.1 Å². The number of rotatable bonds is 2. The lowest BCUT2D eigenvalue weighted by atomic mass is 10.2. The highest BCUT2D eigenvalue weighted by atomic mass is 35.5. The highest BCUT2D eigenvalue weighted by Crippen LogP contribution is 2.10. The Hall–Kier alpha value is -1.28. The predicted octanol–water partition coefficient (Wildman–Crippen LogP) is 3.42. The molecule has 1 aromatic rings. The summed E-state index contributed by atoms with van der Waals surface area (Å²) in [6.45, 7) is 3.71. The molecule has 1 rings (SSSR count). The highest BCUT2D eigenvalue weighted by molar-refractivity contribution is 6.30. The standard InChI is InChI=1S/C11H11ClO2/c1-8(2)7-14-11(13)9-3-5-10(12)6-4-9/h3-7H,1-2H3. The molecule has 0 saturated heterocycles. The molecule has 0 saturated carbocycles. The third-order valence-corrected chi connectivity index (χ3v) is 1.73. The van der Waals surface area contributed by atoms with E-state index < -0.39 is 0 Å². The minimum atomic E-state index is -0.372. The Kier molecular flexibility index (Phi) is 3.72. The number of hydrogen-bond acceptors (Lipinski definition) is 2. The van der Waals surface area contributed by atoms with Crippen molar-refractivity contribution < 1.29 is 9.53 Å². The number of carbonyl (C=O) groups is 1. The molecule has 0 fully saturated rings. The predicted molar refractivity (Wildman–Crippen MR) is 56.3 cm³/mol. The van der Waals surface area contributed by atoms with Gasteiger partial charge in [-0.2, -0.15) is 0 Å². The summed E-state index contributed by atoms with van der Waals surface area (Å²) in [4.78, 5) is 11.4. The summed E-state index contributed by atoms with van der Waals surface area (Å²) < 4.78 is 4.89. The third kappa shape index (κ3) is 3.23. The van der Waals surface area contributed by atoms with Gasteiger partial charge in [0, 0.05) is 5.02 Å². The summed E-state index contributed by atoms with van der Waals surface area (Å²) in [5.74, 6) is -0.372. The summed E-state index contributed by atoms with van der Waals surface area (Å²) in [7, 11) is 0. The quantitative estimate of drug-likeness (QED) is 0.552. The van der Waals surface area contributed by atoms with Gasteiger partial charge >= 0.3 is 5.97 Å². The van der Waals surface area contributed by atoms with Crippen LogP contribution in [0, 0.1) is 0 Å². The van der Waals surface area contributed by atoms with E-state index in [2.05, 4.69) is 0 Å². The SMILES string of the molecule is CC(C)=COC(=O)c1ccc(Cl)cc1. The largest absolute Gasteiger partial charge is 0.431 e. The second-order valence-corrected chi connectivity index (χ2v) is 3.54. The Morgan fingerprint density at radius 3 is 2.36 bits per heavy atom. The minimum absolute atomic E-state index is 0.372. The monoisotopic (exact) mass is 210 g/mol. The van der Waals surface area contributed by atoms with Crippen molar-refractivity contribution in [3.63, 3.8) is 0 Å². The fourth-order valence-corrected chi connectivity index (χ4v) is 0.951. The molecular formula is C11H11ClO2. The van der Waals surface area contributed by atoms with Gasteiger partial charge in [0.25, 0.3) is 0 Å².